The van der Waals surface area contributed by atoms with E-state index in [0.29, 0.717) is 37.6 Å². The van der Waals surface area contributed by atoms with E-state index in [1.165, 1.54) is 7.11 Å². The number of esters is 1. The third-order valence-corrected chi connectivity index (χ3v) is 5.60. The summed E-state index contributed by atoms with van der Waals surface area (Å²) in [6.07, 6.45) is 0.400. The van der Waals surface area contributed by atoms with Gasteiger partial charge in [-0.2, -0.15) is 0 Å². The van der Waals surface area contributed by atoms with E-state index in [1.54, 1.807) is 6.07 Å². The predicted octanol–water partition coefficient (Wildman–Crippen LogP) is 3.25. The van der Waals surface area contributed by atoms with Crippen molar-refractivity contribution in [1.29, 1.82) is 0 Å². The van der Waals surface area contributed by atoms with Crippen LogP contribution in [0.4, 0.5) is 0 Å². The van der Waals surface area contributed by atoms with Crippen molar-refractivity contribution < 1.29 is 14.3 Å². The number of halogens is 1. The summed E-state index contributed by atoms with van der Waals surface area (Å²) in [6.45, 7) is 4.34. The Kier molecular flexibility index (Phi) is 6.70. The van der Waals surface area contributed by atoms with Crippen LogP contribution in [0.25, 0.3) is 0 Å². The summed E-state index contributed by atoms with van der Waals surface area (Å²) in [6, 6.07) is 14.7. The number of benzene rings is 2. The number of hydrogen-bond donors (Lipinski definition) is 0. The topological polar surface area (TPSA) is 49.9 Å². The maximum absolute atomic E-state index is 12.7. The number of ether oxygens (including phenoxy) is 1. The molecule has 6 heteroatoms. The second-order valence-electron chi connectivity index (χ2n) is 6.97. The molecule has 1 heterocycles. The number of amides is 1. The Balaban J connectivity index is 1.67. The van der Waals surface area contributed by atoms with Crippen LogP contribution < -0.4 is 0 Å². The van der Waals surface area contributed by atoms with Crippen molar-refractivity contribution in [2.45, 2.75) is 19.4 Å². The lowest BCUT2D eigenvalue weighted by atomic mass is 10.0. The Labute approximate surface area is 170 Å². The summed E-state index contributed by atoms with van der Waals surface area (Å²) in [7, 11) is 1.38. The van der Waals surface area contributed by atoms with Crippen molar-refractivity contribution >= 4 is 23.5 Å². The fraction of sp³-hybridized carbons (Fsp3) is 0.364. The van der Waals surface area contributed by atoms with Crippen LogP contribution in [0.15, 0.2) is 48.5 Å². The second kappa shape index (κ2) is 9.22. The molecule has 0 spiro atoms. The minimum Gasteiger partial charge on any atom is -0.468 e. The maximum atomic E-state index is 12.7. The molecule has 148 valence electrons. The van der Waals surface area contributed by atoms with Crippen molar-refractivity contribution in [3.05, 3.63) is 70.2 Å². The van der Waals surface area contributed by atoms with Crippen molar-refractivity contribution in [2.24, 2.45) is 0 Å². The fourth-order valence-electron chi connectivity index (χ4n) is 3.59. The molecular weight excluding hydrogens is 376 g/mol. The molecule has 0 saturated carbocycles. The van der Waals surface area contributed by atoms with E-state index in [0.717, 1.165) is 16.7 Å². The largest absolute Gasteiger partial charge is 0.468 e. The lowest BCUT2D eigenvalue weighted by Gasteiger charge is -2.38. The zero-order valence-corrected chi connectivity index (χ0v) is 17.0. The zero-order chi connectivity index (χ0) is 20.1. The van der Waals surface area contributed by atoms with E-state index < -0.39 is 6.04 Å². The first-order valence-electron chi connectivity index (χ1n) is 9.40. The van der Waals surface area contributed by atoms with Crippen molar-refractivity contribution in [3.8, 4) is 0 Å². The molecule has 1 aliphatic heterocycles. The Morgan fingerprint density at radius 1 is 1.04 bits per heavy atom. The van der Waals surface area contributed by atoms with E-state index in [-0.39, 0.29) is 11.9 Å². The zero-order valence-electron chi connectivity index (χ0n) is 16.2. The van der Waals surface area contributed by atoms with Gasteiger partial charge in [-0.3, -0.25) is 9.69 Å². The first-order valence-corrected chi connectivity index (χ1v) is 9.77. The standard InChI is InChI=1S/C22H25ClN2O3/c1-16-7-3-4-8-17(16)15-20(26)24-11-13-25(14-12-24)21(22(27)28-2)18-9-5-6-10-19(18)23/h3-10,21H,11-15H2,1-2H3. The molecular formula is C22H25ClN2O3. The van der Waals surface area contributed by atoms with Crippen LogP contribution in [-0.4, -0.2) is 55.0 Å². The SMILES string of the molecule is COC(=O)C(c1ccccc1Cl)N1CCN(C(=O)Cc2ccccc2C)CC1. The van der Waals surface area contributed by atoms with E-state index >= 15 is 0 Å². The highest BCUT2D eigenvalue weighted by atomic mass is 35.5. The summed E-state index contributed by atoms with van der Waals surface area (Å²) >= 11 is 6.32. The first kappa shape index (κ1) is 20.4. The highest BCUT2D eigenvalue weighted by Crippen LogP contribution is 2.29. The van der Waals surface area contributed by atoms with Gasteiger partial charge in [-0.1, -0.05) is 54.1 Å². The molecule has 1 atom stereocenters. The van der Waals surface area contributed by atoms with E-state index in [4.69, 9.17) is 16.3 Å². The average Bonchev–Trinajstić information content (AvgIpc) is 2.71. The molecule has 5 nitrogen and oxygen atoms in total. The van der Waals surface area contributed by atoms with Gasteiger partial charge in [0.25, 0.3) is 0 Å². The smallest absolute Gasteiger partial charge is 0.327 e. The van der Waals surface area contributed by atoms with Gasteiger partial charge < -0.3 is 9.64 Å². The van der Waals surface area contributed by atoms with Crippen LogP contribution in [0.1, 0.15) is 22.7 Å². The average molecular weight is 401 g/mol. The number of carbonyl (C=O) groups is 2. The number of hydrogen-bond acceptors (Lipinski definition) is 4. The molecule has 0 aromatic heterocycles. The van der Waals surface area contributed by atoms with Gasteiger partial charge in [-0.25, -0.2) is 4.79 Å². The van der Waals surface area contributed by atoms with Crippen LogP contribution in [-0.2, 0) is 20.7 Å². The predicted molar refractivity (Wildman–Crippen MR) is 109 cm³/mol. The lowest BCUT2D eigenvalue weighted by Crippen LogP contribution is -2.51. The lowest BCUT2D eigenvalue weighted by molar-refractivity contribution is -0.148. The number of methoxy groups -OCH3 is 1. The molecule has 2 aromatic carbocycles. The van der Waals surface area contributed by atoms with Gasteiger partial charge in [0.2, 0.25) is 5.91 Å². The van der Waals surface area contributed by atoms with Crippen molar-refractivity contribution in [2.75, 3.05) is 33.3 Å². The third-order valence-electron chi connectivity index (χ3n) is 5.26. The van der Waals surface area contributed by atoms with Crippen molar-refractivity contribution in [1.82, 2.24) is 9.80 Å². The maximum Gasteiger partial charge on any atom is 0.327 e. The normalized spacial score (nSPS) is 15.9. The number of aryl methyl sites for hydroxylation is 1. The fourth-order valence-corrected chi connectivity index (χ4v) is 3.83. The van der Waals surface area contributed by atoms with Gasteiger partial charge >= 0.3 is 5.97 Å². The van der Waals surface area contributed by atoms with Gasteiger partial charge in [0.1, 0.15) is 6.04 Å². The minimum absolute atomic E-state index is 0.112. The third kappa shape index (κ3) is 4.54. The highest BCUT2D eigenvalue weighted by Gasteiger charge is 2.33. The Bertz CT molecular complexity index is 847. The number of nitrogens with zero attached hydrogens (tertiary/aromatic N) is 2. The molecule has 2 aromatic rings. The van der Waals surface area contributed by atoms with Gasteiger partial charge in [0.15, 0.2) is 0 Å². The summed E-state index contributed by atoms with van der Waals surface area (Å²) in [5.41, 5.74) is 2.91. The molecule has 0 aliphatic carbocycles. The first-order chi connectivity index (χ1) is 13.5. The van der Waals surface area contributed by atoms with Crippen LogP contribution in [0.3, 0.4) is 0 Å². The van der Waals surface area contributed by atoms with E-state index in [2.05, 4.69) is 0 Å². The summed E-state index contributed by atoms with van der Waals surface area (Å²) in [4.78, 5) is 29.1. The molecule has 3 rings (SSSR count). The molecule has 1 amide bonds. The molecule has 28 heavy (non-hydrogen) atoms. The molecule has 0 N–H and O–H groups in total. The van der Waals surface area contributed by atoms with Gasteiger partial charge in [-0.15, -0.1) is 0 Å². The van der Waals surface area contributed by atoms with Gasteiger partial charge in [0, 0.05) is 31.2 Å². The highest BCUT2D eigenvalue weighted by molar-refractivity contribution is 6.31. The molecule has 0 radical (unpaired) electrons. The molecule has 0 bridgehead atoms. The summed E-state index contributed by atoms with van der Waals surface area (Å²) in [5.74, 6) is -0.228. The summed E-state index contributed by atoms with van der Waals surface area (Å²) in [5, 5.41) is 0.538. The molecule has 1 aliphatic rings. The molecule has 1 saturated heterocycles. The second-order valence-corrected chi connectivity index (χ2v) is 7.37. The van der Waals surface area contributed by atoms with Crippen LogP contribution in [0.5, 0.6) is 0 Å². The van der Waals surface area contributed by atoms with E-state index in [9.17, 15) is 9.59 Å². The van der Waals surface area contributed by atoms with E-state index in [1.807, 2.05) is 59.2 Å². The summed E-state index contributed by atoms with van der Waals surface area (Å²) < 4.78 is 5.02. The Morgan fingerprint density at radius 3 is 2.32 bits per heavy atom. The number of piperazine rings is 1. The van der Waals surface area contributed by atoms with Gasteiger partial charge in [-0.05, 0) is 29.7 Å². The van der Waals surface area contributed by atoms with Crippen LogP contribution >= 0.6 is 11.6 Å². The minimum atomic E-state index is -0.563. The monoisotopic (exact) mass is 400 g/mol. The molecule has 1 unspecified atom stereocenters. The number of carbonyl (C=O) groups excluding carboxylic acids is 2. The Hall–Kier alpha value is -2.37. The number of rotatable bonds is 5. The van der Waals surface area contributed by atoms with Crippen molar-refractivity contribution in [3.63, 3.8) is 0 Å². The molecule has 1 fully saturated rings. The van der Waals surface area contributed by atoms with Crippen LogP contribution in [0.2, 0.25) is 5.02 Å². The van der Waals surface area contributed by atoms with Crippen LogP contribution in [0, 0.1) is 6.92 Å². The Morgan fingerprint density at radius 2 is 1.68 bits per heavy atom. The van der Waals surface area contributed by atoms with Gasteiger partial charge in [0.05, 0.1) is 13.5 Å². The quantitative estimate of drug-likeness (QED) is 0.723.